The highest BCUT2D eigenvalue weighted by molar-refractivity contribution is 9.10. The summed E-state index contributed by atoms with van der Waals surface area (Å²) in [5.41, 5.74) is 0.840. The van der Waals surface area contributed by atoms with E-state index in [-0.39, 0.29) is 6.04 Å². The van der Waals surface area contributed by atoms with Crippen molar-refractivity contribution < 1.29 is 4.74 Å². The summed E-state index contributed by atoms with van der Waals surface area (Å²) >= 11 is 3.36. The zero-order valence-corrected chi connectivity index (χ0v) is 9.63. The van der Waals surface area contributed by atoms with Gasteiger partial charge in [0.1, 0.15) is 11.8 Å². The third kappa shape index (κ3) is 2.25. The van der Waals surface area contributed by atoms with Crippen LogP contribution in [0.5, 0.6) is 5.75 Å². The predicted molar refractivity (Wildman–Crippen MR) is 58.1 cm³/mol. The number of benzene rings is 1. The first-order valence-corrected chi connectivity index (χ1v) is 4.92. The van der Waals surface area contributed by atoms with E-state index >= 15 is 0 Å². The maximum atomic E-state index is 8.91. The van der Waals surface area contributed by atoms with Gasteiger partial charge in [0.05, 0.1) is 13.2 Å². The van der Waals surface area contributed by atoms with E-state index in [2.05, 4.69) is 27.3 Å². The molecule has 0 fully saturated rings. The van der Waals surface area contributed by atoms with E-state index in [4.69, 9.17) is 10.00 Å². The highest BCUT2D eigenvalue weighted by Crippen LogP contribution is 2.27. The molecule has 74 valence electrons. The molecule has 0 radical (unpaired) electrons. The Morgan fingerprint density at radius 2 is 2.29 bits per heavy atom. The van der Waals surface area contributed by atoms with Crippen molar-refractivity contribution >= 4 is 15.9 Å². The quantitative estimate of drug-likeness (QED) is 0.900. The van der Waals surface area contributed by atoms with Crippen LogP contribution in [0.4, 0.5) is 0 Å². The van der Waals surface area contributed by atoms with E-state index in [9.17, 15) is 0 Å². The Kier molecular flexibility index (Phi) is 3.93. The SMILES string of the molecule is CNC(C#N)c1cc(Br)ccc1OC. The van der Waals surface area contributed by atoms with Gasteiger partial charge < -0.3 is 10.1 Å². The second-order valence-electron chi connectivity index (χ2n) is 2.74. The molecular weight excluding hydrogens is 244 g/mol. The summed E-state index contributed by atoms with van der Waals surface area (Å²) in [6.45, 7) is 0. The minimum atomic E-state index is -0.345. The normalized spacial score (nSPS) is 11.9. The van der Waals surface area contributed by atoms with Crippen molar-refractivity contribution in [1.82, 2.24) is 5.32 Å². The van der Waals surface area contributed by atoms with Gasteiger partial charge >= 0.3 is 0 Å². The van der Waals surface area contributed by atoms with Gasteiger partial charge in [-0.2, -0.15) is 5.26 Å². The van der Waals surface area contributed by atoms with E-state index in [1.54, 1.807) is 14.2 Å². The highest BCUT2D eigenvalue weighted by Gasteiger charge is 2.13. The molecule has 1 N–H and O–H groups in total. The smallest absolute Gasteiger partial charge is 0.124 e. The van der Waals surface area contributed by atoms with Gasteiger partial charge in [0.15, 0.2) is 0 Å². The lowest BCUT2D eigenvalue weighted by molar-refractivity contribution is 0.406. The van der Waals surface area contributed by atoms with Crippen molar-refractivity contribution in [3.8, 4) is 11.8 Å². The van der Waals surface area contributed by atoms with E-state index in [0.29, 0.717) is 5.75 Å². The monoisotopic (exact) mass is 254 g/mol. The number of nitriles is 1. The molecule has 0 heterocycles. The molecule has 1 aromatic rings. The molecule has 0 spiro atoms. The van der Waals surface area contributed by atoms with Crippen molar-refractivity contribution in [2.24, 2.45) is 0 Å². The van der Waals surface area contributed by atoms with Crippen LogP contribution in [0.2, 0.25) is 0 Å². The summed E-state index contributed by atoms with van der Waals surface area (Å²) < 4.78 is 6.11. The van der Waals surface area contributed by atoms with Crippen LogP contribution in [-0.2, 0) is 0 Å². The first kappa shape index (κ1) is 11.0. The second kappa shape index (κ2) is 4.99. The van der Waals surface area contributed by atoms with Crippen molar-refractivity contribution in [2.75, 3.05) is 14.2 Å². The molecule has 4 heteroatoms. The molecule has 0 aliphatic heterocycles. The molecule has 14 heavy (non-hydrogen) atoms. The first-order chi connectivity index (χ1) is 6.72. The largest absolute Gasteiger partial charge is 0.496 e. The van der Waals surface area contributed by atoms with E-state index < -0.39 is 0 Å². The van der Waals surface area contributed by atoms with Crippen LogP contribution in [0.25, 0.3) is 0 Å². The zero-order valence-electron chi connectivity index (χ0n) is 8.04. The summed E-state index contributed by atoms with van der Waals surface area (Å²) in [4.78, 5) is 0. The Morgan fingerprint density at radius 1 is 1.57 bits per heavy atom. The van der Waals surface area contributed by atoms with Gasteiger partial charge in [0, 0.05) is 10.0 Å². The Labute approximate surface area is 91.8 Å². The van der Waals surface area contributed by atoms with Gasteiger partial charge in [-0.25, -0.2) is 0 Å². The molecule has 0 aromatic heterocycles. The van der Waals surface area contributed by atoms with Crippen LogP contribution in [0.15, 0.2) is 22.7 Å². The van der Waals surface area contributed by atoms with E-state index in [1.807, 2.05) is 18.2 Å². The molecule has 3 nitrogen and oxygen atoms in total. The Hall–Kier alpha value is -1.05. The molecule has 1 unspecified atom stereocenters. The number of hydrogen-bond donors (Lipinski definition) is 1. The minimum absolute atomic E-state index is 0.345. The van der Waals surface area contributed by atoms with Crippen molar-refractivity contribution in [3.63, 3.8) is 0 Å². The third-order valence-corrected chi connectivity index (χ3v) is 2.41. The number of nitrogens with one attached hydrogen (secondary N) is 1. The lowest BCUT2D eigenvalue weighted by atomic mass is 10.1. The van der Waals surface area contributed by atoms with Crippen LogP contribution < -0.4 is 10.1 Å². The summed E-state index contributed by atoms with van der Waals surface area (Å²) in [5.74, 6) is 0.717. The molecule has 0 amide bonds. The maximum Gasteiger partial charge on any atom is 0.124 e. The topological polar surface area (TPSA) is 45.0 Å². The highest BCUT2D eigenvalue weighted by atomic mass is 79.9. The molecule has 0 aliphatic carbocycles. The van der Waals surface area contributed by atoms with E-state index in [0.717, 1.165) is 10.0 Å². The van der Waals surface area contributed by atoms with Crippen LogP contribution in [0, 0.1) is 11.3 Å². The zero-order chi connectivity index (χ0) is 10.6. The number of halogens is 1. The van der Waals surface area contributed by atoms with Gasteiger partial charge in [0.25, 0.3) is 0 Å². The Bertz CT molecular complexity index is 360. The lowest BCUT2D eigenvalue weighted by Gasteiger charge is -2.12. The predicted octanol–water partition coefficient (Wildman–Crippen LogP) is 2.24. The summed E-state index contributed by atoms with van der Waals surface area (Å²) in [6.07, 6.45) is 0. The fourth-order valence-corrected chi connectivity index (χ4v) is 1.60. The molecule has 0 saturated carbocycles. The molecule has 0 aliphatic rings. The van der Waals surface area contributed by atoms with Crippen LogP contribution in [0.1, 0.15) is 11.6 Å². The fraction of sp³-hybridized carbons (Fsp3) is 0.300. The molecule has 1 rings (SSSR count). The van der Waals surface area contributed by atoms with Gasteiger partial charge in [0.2, 0.25) is 0 Å². The van der Waals surface area contributed by atoms with Gasteiger partial charge in [-0.3, -0.25) is 0 Å². The minimum Gasteiger partial charge on any atom is -0.496 e. The average molecular weight is 255 g/mol. The Balaban J connectivity index is 3.16. The lowest BCUT2D eigenvalue weighted by Crippen LogP contribution is -2.15. The summed E-state index contributed by atoms with van der Waals surface area (Å²) in [6, 6.07) is 7.41. The van der Waals surface area contributed by atoms with Crippen LogP contribution >= 0.6 is 15.9 Å². The third-order valence-electron chi connectivity index (χ3n) is 1.92. The van der Waals surface area contributed by atoms with Gasteiger partial charge in [-0.1, -0.05) is 15.9 Å². The molecule has 1 atom stereocenters. The number of ether oxygens (including phenoxy) is 1. The molecule has 0 bridgehead atoms. The fourth-order valence-electron chi connectivity index (χ4n) is 1.22. The van der Waals surface area contributed by atoms with Gasteiger partial charge in [-0.15, -0.1) is 0 Å². The Morgan fingerprint density at radius 3 is 2.79 bits per heavy atom. The van der Waals surface area contributed by atoms with E-state index in [1.165, 1.54) is 0 Å². The standard InChI is InChI=1S/C10H11BrN2O/c1-13-9(6-12)8-5-7(11)3-4-10(8)14-2/h3-5,9,13H,1-2H3. The summed E-state index contributed by atoms with van der Waals surface area (Å²) in [5, 5.41) is 11.8. The average Bonchev–Trinajstić information content (AvgIpc) is 2.20. The number of methoxy groups -OCH3 is 1. The van der Waals surface area contributed by atoms with Crippen molar-refractivity contribution in [2.45, 2.75) is 6.04 Å². The van der Waals surface area contributed by atoms with Crippen molar-refractivity contribution in [3.05, 3.63) is 28.2 Å². The number of rotatable bonds is 3. The molecule has 1 aromatic carbocycles. The van der Waals surface area contributed by atoms with Crippen molar-refractivity contribution in [1.29, 1.82) is 5.26 Å². The first-order valence-electron chi connectivity index (χ1n) is 4.13. The maximum absolute atomic E-state index is 8.91. The second-order valence-corrected chi connectivity index (χ2v) is 3.65. The number of hydrogen-bond acceptors (Lipinski definition) is 3. The summed E-state index contributed by atoms with van der Waals surface area (Å²) in [7, 11) is 3.34. The van der Waals surface area contributed by atoms with Crippen LogP contribution in [-0.4, -0.2) is 14.2 Å². The number of nitrogens with zero attached hydrogens (tertiary/aromatic N) is 1. The molecular formula is C10H11BrN2O. The van der Waals surface area contributed by atoms with Gasteiger partial charge in [-0.05, 0) is 25.2 Å². The molecule has 0 saturated heterocycles. The van der Waals surface area contributed by atoms with Crippen LogP contribution in [0.3, 0.4) is 0 Å².